The van der Waals surface area contributed by atoms with E-state index in [1.807, 2.05) is 12.3 Å². The highest BCUT2D eigenvalue weighted by Crippen LogP contribution is 2.26. The van der Waals surface area contributed by atoms with Crippen LogP contribution in [0.25, 0.3) is 0 Å². The first-order valence-corrected chi connectivity index (χ1v) is 8.89. The molecule has 1 fully saturated rings. The number of nitrogens with zero attached hydrogens (tertiary/aromatic N) is 3. The Kier molecular flexibility index (Phi) is 4.88. The third-order valence-electron chi connectivity index (χ3n) is 4.54. The van der Waals surface area contributed by atoms with Gasteiger partial charge in [-0.2, -0.15) is 0 Å². The number of hydrogen-bond donors (Lipinski definition) is 0. The summed E-state index contributed by atoms with van der Waals surface area (Å²) in [7, 11) is 0. The molecule has 1 aliphatic heterocycles. The molecule has 0 aliphatic carbocycles. The van der Waals surface area contributed by atoms with Crippen LogP contribution in [0.5, 0.6) is 0 Å². The highest BCUT2D eigenvalue weighted by molar-refractivity contribution is 6.30. The molecule has 0 N–H and O–H groups in total. The molecule has 2 heterocycles. The third-order valence-corrected chi connectivity index (χ3v) is 4.77. The van der Waals surface area contributed by atoms with Gasteiger partial charge in [-0.3, -0.25) is 4.90 Å². The minimum absolute atomic E-state index is 0.00799. The normalized spacial score (nSPS) is 16.6. The Morgan fingerprint density at radius 3 is 2.50 bits per heavy atom. The quantitative estimate of drug-likeness (QED) is 0.830. The lowest BCUT2D eigenvalue weighted by atomic mass is 9.94. The number of anilines is 1. The Bertz CT molecular complexity index is 697. The zero-order chi connectivity index (χ0) is 17.3. The van der Waals surface area contributed by atoms with Crippen LogP contribution in [-0.4, -0.2) is 36.1 Å². The minimum Gasteiger partial charge on any atom is -0.444 e. The van der Waals surface area contributed by atoms with Gasteiger partial charge < -0.3 is 9.32 Å². The van der Waals surface area contributed by atoms with Gasteiger partial charge in [-0.15, -0.1) is 0 Å². The average Bonchev–Trinajstić information content (AvgIpc) is 2.99. The lowest BCUT2D eigenvalue weighted by molar-refractivity contribution is 0.221. The van der Waals surface area contributed by atoms with Crippen LogP contribution in [-0.2, 0) is 12.0 Å². The number of hydrogen-bond acceptors (Lipinski definition) is 4. The van der Waals surface area contributed by atoms with Crippen molar-refractivity contribution >= 4 is 17.3 Å². The number of halogens is 1. The lowest BCUT2D eigenvalue weighted by Gasteiger charge is -2.36. The van der Waals surface area contributed by atoms with Crippen molar-refractivity contribution in [3.05, 3.63) is 46.6 Å². The summed E-state index contributed by atoms with van der Waals surface area (Å²) in [5, 5.41) is 0.799. The summed E-state index contributed by atoms with van der Waals surface area (Å²) >= 11 is 6.15. The summed E-state index contributed by atoms with van der Waals surface area (Å²) in [4.78, 5) is 9.25. The Morgan fingerprint density at radius 1 is 1.17 bits per heavy atom. The molecular formula is C19H26ClN3O. The molecular weight excluding hydrogens is 322 g/mol. The number of aromatic nitrogens is 1. The molecule has 130 valence electrons. The topological polar surface area (TPSA) is 32.5 Å². The molecule has 24 heavy (non-hydrogen) atoms. The van der Waals surface area contributed by atoms with Crippen molar-refractivity contribution in [2.45, 2.75) is 39.7 Å². The molecule has 1 aromatic carbocycles. The van der Waals surface area contributed by atoms with Crippen LogP contribution < -0.4 is 4.90 Å². The van der Waals surface area contributed by atoms with Gasteiger partial charge in [0.25, 0.3) is 0 Å². The first-order valence-electron chi connectivity index (χ1n) is 8.51. The van der Waals surface area contributed by atoms with Gasteiger partial charge in [0.1, 0.15) is 5.76 Å². The second-order valence-electron chi connectivity index (χ2n) is 7.56. The highest BCUT2D eigenvalue weighted by atomic mass is 35.5. The second kappa shape index (κ2) is 6.77. The van der Waals surface area contributed by atoms with Crippen molar-refractivity contribution in [1.29, 1.82) is 0 Å². The van der Waals surface area contributed by atoms with E-state index in [4.69, 9.17) is 16.0 Å². The van der Waals surface area contributed by atoms with Crippen molar-refractivity contribution in [3.63, 3.8) is 0 Å². The van der Waals surface area contributed by atoms with Gasteiger partial charge in [0.05, 0.1) is 12.7 Å². The minimum atomic E-state index is 0.00799. The second-order valence-corrected chi connectivity index (χ2v) is 8.00. The standard InChI is InChI=1S/C19H26ClN3O/c1-14-5-6-15(20)11-16(14)23-9-7-22(8-10-23)13-18-21-12-17(24-18)19(2,3)4/h5-6,11-12H,7-10,13H2,1-4H3. The average molecular weight is 348 g/mol. The van der Waals surface area contributed by atoms with E-state index in [0.29, 0.717) is 0 Å². The molecule has 1 aromatic heterocycles. The first kappa shape index (κ1) is 17.3. The molecule has 0 amide bonds. The fourth-order valence-electron chi connectivity index (χ4n) is 2.99. The van der Waals surface area contributed by atoms with E-state index in [-0.39, 0.29) is 5.41 Å². The van der Waals surface area contributed by atoms with Gasteiger partial charge in [0.2, 0.25) is 5.89 Å². The molecule has 0 spiro atoms. The van der Waals surface area contributed by atoms with Crippen LogP contribution >= 0.6 is 11.6 Å². The Balaban J connectivity index is 1.59. The Hall–Kier alpha value is -1.52. The lowest BCUT2D eigenvalue weighted by Crippen LogP contribution is -2.46. The maximum atomic E-state index is 6.15. The zero-order valence-corrected chi connectivity index (χ0v) is 15.7. The summed E-state index contributed by atoms with van der Waals surface area (Å²) in [5.41, 5.74) is 2.53. The van der Waals surface area contributed by atoms with Crippen molar-refractivity contribution in [3.8, 4) is 0 Å². The van der Waals surface area contributed by atoms with Crippen molar-refractivity contribution < 1.29 is 4.42 Å². The van der Waals surface area contributed by atoms with Crippen LogP contribution in [0.3, 0.4) is 0 Å². The van der Waals surface area contributed by atoms with Gasteiger partial charge >= 0.3 is 0 Å². The molecule has 1 saturated heterocycles. The number of benzene rings is 1. The SMILES string of the molecule is Cc1ccc(Cl)cc1N1CCN(Cc2ncc(C(C)(C)C)o2)CC1. The predicted molar refractivity (Wildman–Crippen MR) is 98.9 cm³/mol. The maximum absolute atomic E-state index is 6.15. The molecule has 3 rings (SSSR count). The first-order chi connectivity index (χ1) is 11.3. The summed E-state index contributed by atoms with van der Waals surface area (Å²) in [6, 6.07) is 6.10. The molecule has 0 unspecified atom stereocenters. The van der Waals surface area contributed by atoms with Crippen molar-refractivity contribution in [2.24, 2.45) is 0 Å². The van der Waals surface area contributed by atoms with E-state index in [9.17, 15) is 0 Å². The monoisotopic (exact) mass is 347 g/mol. The van der Waals surface area contributed by atoms with Crippen LogP contribution in [0.2, 0.25) is 5.02 Å². The molecule has 4 nitrogen and oxygen atoms in total. The van der Waals surface area contributed by atoms with Crippen molar-refractivity contribution in [1.82, 2.24) is 9.88 Å². The Labute approximate surface area is 149 Å². The predicted octanol–water partition coefficient (Wildman–Crippen LogP) is 4.26. The summed E-state index contributed by atoms with van der Waals surface area (Å²) in [6.07, 6.45) is 1.86. The van der Waals surface area contributed by atoms with Gasteiger partial charge in [-0.05, 0) is 24.6 Å². The van der Waals surface area contributed by atoms with Gasteiger partial charge in [-0.1, -0.05) is 38.4 Å². The van der Waals surface area contributed by atoms with Gasteiger partial charge in [-0.25, -0.2) is 4.98 Å². The third kappa shape index (κ3) is 3.93. The molecule has 2 aromatic rings. The summed E-state index contributed by atoms with van der Waals surface area (Å²) in [5.74, 6) is 1.76. The number of rotatable bonds is 3. The molecule has 1 aliphatic rings. The zero-order valence-electron chi connectivity index (χ0n) is 15.0. The maximum Gasteiger partial charge on any atom is 0.208 e. The van der Waals surface area contributed by atoms with Crippen LogP contribution in [0, 0.1) is 6.92 Å². The smallest absolute Gasteiger partial charge is 0.208 e. The van der Waals surface area contributed by atoms with E-state index in [1.165, 1.54) is 11.3 Å². The van der Waals surface area contributed by atoms with Gasteiger partial charge in [0.15, 0.2) is 0 Å². The largest absolute Gasteiger partial charge is 0.444 e. The Morgan fingerprint density at radius 2 is 1.88 bits per heavy atom. The summed E-state index contributed by atoms with van der Waals surface area (Å²) in [6.45, 7) is 13.3. The highest BCUT2D eigenvalue weighted by Gasteiger charge is 2.22. The fourth-order valence-corrected chi connectivity index (χ4v) is 3.16. The van der Waals surface area contributed by atoms with Crippen molar-refractivity contribution in [2.75, 3.05) is 31.1 Å². The van der Waals surface area contributed by atoms with E-state index in [2.05, 4.69) is 54.6 Å². The molecule has 5 heteroatoms. The molecule has 0 bridgehead atoms. The van der Waals surface area contributed by atoms with E-state index < -0.39 is 0 Å². The van der Waals surface area contributed by atoms with Crippen LogP contribution in [0.1, 0.15) is 38.0 Å². The number of piperazine rings is 1. The molecule has 0 atom stereocenters. The molecule has 0 radical (unpaired) electrons. The van der Waals surface area contributed by atoms with Crippen LogP contribution in [0.4, 0.5) is 5.69 Å². The number of aryl methyl sites for hydroxylation is 1. The van der Waals surface area contributed by atoms with E-state index in [0.717, 1.165) is 49.4 Å². The fraction of sp³-hybridized carbons (Fsp3) is 0.526. The summed E-state index contributed by atoms with van der Waals surface area (Å²) < 4.78 is 5.91. The van der Waals surface area contributed by atoms with Crippen LogP contribution in [0.15, 0.2) is 28.8 Å². The number of oxazole rings is 1. The van der Waals surface area contributed by atoms with E-state index in [1.54, 1.807) is 0 Å². The van der Waals surface area contributed by atoms with E-state index >= 15 is 0 Å². The van der Waals surface area contributed by atoms with Gasteiger partial charge in [0, 0.05) is 42.3 Å². The molecule has 0 saturated carbocycles.